The molecule has 1 rings (SSSR count). The molecule has 0 aromatic heterocycles. The van der Waals surface area contributed by atoms with Crippen molar-refractivity contribution in [3.05, 3.63) is 48.0 Å². The van der Waals surface area contributed by atoms with E-state index in [2.05, 4.69) is 6.58 Å². The third-order valence-corrected chi connectivity index (χ3v) is 1.83. The number of aliphatic hydroxyl groups is 1. The van der Waals surface area contributed by atoms with E-state index in [9.17, 15) is 5.11 Å². The molecule has 1 atom stereocenters. The molecule has 13 heavy (non-hydrogen) atoms. The first-order chi connectivity index (χ1) is 6.27. The van der Waals surface area contributed by atoms with Crippen LogP contribution in [0.3, 0.4) is 0 Å². The summed E-state index contributed by atoms with van der Waals surface area (Å²) in [6.07, 6.45) is 0.920. The van der Waals surface area contributed by atoms with Gasteiger partial charge in [-0.2, -0.15) is 0 Å². The van der Waals surface area contributed by atoms with Crippen molar-refractivity contribution in [1.29, 1.82) is 0 Å². The molecule has 0 aliphatic heterocycles. The number of aliphatic hydroxyl groups excluding tert-OH is 1. The van der Waals surface area contributed by atoms with Gasteiger partial charge in [-0.15, -0.1) is 6.58 Å². The van der Waals surface area contributed by atoms with Crippen molar-refractivity contribution in [3.8, 4) is 0 Å². The zero-order valence-corrected chi connectivity index (χ0v) is 7.73. The molecule has 0 heterocycles. The molecule has 1 N–H and O–H groups in total. The Kier molecular flexibility index (Phi) is 3.68. The molecular weight excluding hydrogens is 164 g/mol. The highest BCUT2D eigenvalue weighted by Gasteiger charge is 2.02. The van der Waals surface area contributed by atoms with E-state index < -0.39 is 6.10 Å². The summed E-state index contributed by atoms with van der Waals surface area (Å²) in [5.74, 6) is 0. The van der Waals surface area contributed by atoms with Gasteiger partial charge in [-0.1, -0.05) is 30.3 Å². The number of rotatable bonds is 4. The van der Waals surface area contributed by atoms with E-state index in [1.165, 1.54) is 6.08 Å². The smallest absolute Gasteiger partial charge is 0.0969 e. The maximum Gasteiger partial charge on any atom is 0.0969 e. The lowest BCUT2D eigenvalue weighted by Crippen LogP contribution is -1.95. The molecule has 2 heteroatoms. The molecule has 0 amide bonds. The van der Waals surface area contributed by atoms with Gasteiger partial charge in [-0.25, -0.2) is 0 Å². The SMILES string of the molecule is C=CC(O)c1cccc(COC)c1. The summed E-state index contributed by atoms with van der Waals surface area (Å²) >= 11 is 0. The zero-order valence-electron chi connectivity index (χ0n) is 7.73. The quantitative estimate of drug-likeness (QED) is 0.715. The minimum Gasteiger partial charge on any atom is -0.384 e. The zero-order chi connectivity index (χ0) is 9.68. The van der Waals surface area contributed by atoms with Crippen LogP contribution in [0.4, 0.5) is 0 Å². The normalized spacial score (nSPS) is 12.5. The molecule has 0 saturated heterocycles. The van der Waals surface area contributed by atoms with Gasteiger partial charge in [-0.05, 0) is 11.1 Å². The van der Waals surface area contributed by atoms with Crippen LogP contribution < -0.4 is 0 Å². The lowest BCUT2D eigenvalue weighted by molar-refractivity contribution is 0.184. The Morgan fingerprint density at radius 2 is 2.38 bits per heavy atom. The van der Waals surface area contributed by atoms with Crippen molar-refractivity contribution in [1.82, 2.24) is 0 Å². The average molecular weight is 178 g/mol. The van der Waals surface area contributed by atoms with E-state index in [0.717, 1.165) is 11.1 Å². The Morgan fingerprint density at radius 1 is 1.62 bits per heavy atom. The number of hydrogen-bond donors (Lipinski definition) is 1. The Labute approximate surface area is 78.5 Å². The highest BCUT2D eigenvalue weighted by atomic mass is 16.5. The monoisotopic (exact) mass is 178 g/mol. The summed E-state index contributed by atoms with van der Waals surface area (Å²) in [5.41, 5.74) is 1.91. The van der Waals surface area contributed by atoms with Gasteiger partial charge in [0.25, 0.3) is 0 Å². The third-order valence-electron chi connectivity index (χ3n) is 1.83. The predicted octanol–water partition coefficient (Wildman–Crippen LogP) is 2.05. The van der Waals surface area contributed by atoms with E-state index in [-0.39, 0.29) is 0 Å². The molecule has 0 aliphatic rings. The Hall–Kier alpha value is -1.12. The molecule has 1 unspecified atom stereocenters. The van der Waals surface area contributed by atoms with Crippen molar-refractivity contribution in [2.24, 2.45) is 0 Å². The fourth-order valence-electron chi connectivity index (χ4n) is 1.17. The maximum atomic E-state index is 9.46. The summed E-state index contributed by atoms with van der Waals surface area (Å²) in [7, 11) is 1.65. The number of methoxy groups -OCH3 is 1. The first-order valence-electron chi connectivity index (χ1n) is 4.16. The molecule has 0 aliphatic carbocycles. The van der Waals surface area contributed by atoms with Gasteiger partial charge in [-0.3, -0.25) is 0 Å². The second-order valence-corrected chi connectivity index (χ2v) is 2.86. The minimum atomic E-state index is -0.586. The Bertz CT molecular complexity index is 281. The highest BCUT2D eigenvalue weighted by molar-refractivity contribution is 5.26. The molecule has 1 aromatic carbocycles. The largest absolute Gasteiger partial charge is 0.384 e. The fourth-order valence-corrected chi connectivity index (χ4v) is 1.17. The predicted molar refractivity (Wildman–Crippen MR) is 52.3 cm³/mol. The second kappa shape index (κ2) is 4.80. The highest BCUT2D eigenvalue weighted by Crippen LogP contribution is 2.15. The summed E-state index contributed by atoms with van der Waals surface area (Å²) in [6, 6.07) is 7.64. The lowest BCUT2D eigenvalue weighted by atomic mass is 10.1. The van der Waals surface area contributed by atoms with E-state index in [4.69, 9.17) is 4.74 Å². The first-order valence-corrected chi connectivity index (χ1v) is 4.16. The molecular formula is C11H14O2. The molecule has 2 nitrogen and oxygen atoms in total. The number of ether oxygens (including phenoxy) is 1. The van der Waals surface area contributed by atoms with Crippen LogP contribution in [0.5, 0.6) is 0 Å². The van der Waals surface area contributed by atoms with Crippen molar-refractivity contribution >= 4 is 0 Å². The molecule has 0 radical (unpaired) electrons. The van der Waals surface area contributed by atoms with Gasteiger partial charge in [0, 0.05) is 7.11 Å². The summed E-state index contributed by atoms with van der Waals surface area (Å²) < 4.78 is 4.99. The average Bonchev–Trinajstić information content (AvgIpc) is 2.18. The molecule has 0 saturated carbocycles. The third kappa shape index (κ3) is 2.68. The fraction of sp³-hybridized carbons (Fsp3) is 0.273. The van der Waals surface area contributed by atoms with E-state index in [0.29, 0.717) is 6.61 Å². The van der Waals surface area contributed by atoms with Crippen LogP contribution in [-0.4, -0.2) is 12.2 Å². The first kappa shape index (κ1) is 9.96. The molecule has 70 valence electrons. The van der Waals surface area contributed by atoms with Gasteiger partial charge in [0.05, 0.1) is 12.7 Å². The van der Waals surface area contributed by atoms with Crippen molar-refractivity contribution in [2.75, 3.05) is 7.11 Å². The number of benzene rings is 1. The van der Waals surface area contributed by atoms with Gasteiger partial charge in [0.15, 0.2) is 0 Å². The van der Waals surface area contributed by atoms with E-state index >= 15 is 0 Å². The van der Waals surface area contributed by atoms with Crippen LogP contribution in [0.2, 0.25) is 0 Å². The van der Waals surface area contributed by atoms with Crippen LogP contribution in [-0.2, 0) is 11.3 Å². The molecule has 0 bridgehead atoms. The van der Waals surface area contributed by atoms with Crippen LogP contribution in [0, 0.1) is 0 Å². The molecule has 0 spiro atoms. The number of hydrogen-bond acceptors (Lipinski definition) is 2. The van der Waals surface area contributed by atoms with Crippen LogP contribution in [0.25, 0.3) is 0 Å². The summed E-state index contributed by atoms with van der Waals surface area (Å²) in [4.78, 5) is 0. The van der Waals surface area contributed by atoms with E-state index in [1.807, 2.05) is 24.3 Å². The molecule has 1 aromatic rings. The minimum absolute atomic E-state index is 0.567. The summed E-state index contributed by atoms with van der Waals surface area (Å²) in [5, 5.41) is 9.46. The van der Waals surface area contributed by atoms with Gasteiger partial charge < -0.3 is 9.84 Å². The Morgan fingerprint density at radius 3 is 3.00 bits per heavy atom. The standard InChI is InChI=1S/C11H14O2/c1-3-11(12)10-6-4-5-9(7-10)8-13-2/h3-7,11-12H,1,8H2,2H3. The van der Waals surface area contributed by atoms with Crippen molar-refractivity contribution in [3.63, 3.8) is 0 Å². The summed E-state index contributed by atoms with van der Waals surface area (Å²) in [6.45, 7) is 4.10. The van der Waals surface area contributed by atoms with Crippen LogP contribution in [0.1, 0.15) is 17.2 Å². The maximum absolute atomic E-state index is 9.46. The topological polar surface area (TPSA) is 29.5 Å². The lowest BCUT2D eigenvalue weighted by Gasteiger charge is -2.07. The van der Waals surface area contributed by atoms with Crippen molar-refractivity contribution in [2.45, 2.75) is 12.7 Å². The van der Waals surface area contributed by atoms with Gasteiger partial charge in [0.2, 0.25) is 0 Å². The van der Waals surface area contributed by atoms with Crippen LogP contribution in [0.15, 0.2) is 36.9 Å². The van der Waals surface area contributed by atoms with E-state index in [1.54, 1.807) is 7.11 Å². The van der Waals surface area contributed by atoms with Crippen LogP contribution >= 0.6 is 0 Å². The van der Waals surface area contributed by atoms with Crippen molar-refractivity contribution < 1.29 is 9.84 Å². The van der Waals surface area contributed by atoms with Gasteiger partial charge >= 0.3 is 0 Å². The molecule has 0 fully saturated rings. The Balaban J connectivity index is 2.84. The van der Waals surface area contributed by atoms with Gasteiger partial charge in [0.1, 0.15) is 0 Å². The second-order valence-electron chi connectivity index (χ2n) is 2.86.